The molecule has 0 heterocycles. The standard InChI is InChI=1S/C22H24N2O3/c1-16(8-13-21(25)24-27)14-17(2)22(26)19-9-11-20(12-10-19)23-15-18-6-4-3-5-7-18/h3-14,17,23,27H,15H2,1-2H3,(H,24,25)/b13-8+,16-14+/t17-/m1/s1. The molecule has 1 atom stereocenters. The molecule has 0 saturated heterocycles. The van der Waals surface area contributed by atoms with Crippen LogP contribution in [0.15, 0.2) is 78.4 Å². The molecule has 0 saturated carbocycles. The van der Waals surface area contributed by atoms with Gasteiger partial charge in [-0.2, -0.15) is 0 Å². The zero-order valence-corrected chi connectivity index (χ0v) is 15.5. The van der Waals surface area contributed by atoms with Crippen molar-refractivity contribution in [3.8, 4) is 0 Å². The molecular formula is C22H24N2O3. The van der Waals surface area contributed by atoms with Crippen LogP contribution >= 0.6 is 0 Å². The first-order chi connectivity index (χ1) is 13.0. The summed E-state index contributed by atoms with van der Waals surface area (Å²) in [6, 6.07) is 17.5. The van der Waals surface area contributed by atoms with Gasteiger partial charge in [0.15, 0.2) is 5.78 Å². The lowest BCUT2D eigenvalue weighted by atomic mass is 9.97. The number of benzene rings is 2. The molecule has 0 aliphatic rings. The summed E-state index contributed by atoms with van der Waals surface area (Å²) in [6.45, 7) is 4.33. The minimum Gasteiger partial charge on any atom is -0.381 e. The van der Waals surface area contributed by atoms with E-state index in [0.29, 0.717) is 5.56 Å². The lowest BCUT2D eigenvalue weighted by Crippen LogP contribution is -2.15. The number of allylic oxidation sites excluding steroid dienone is 3. The summed E-state index contributed by atoms with van der Waals surface area (Å²) < 4.78 is 0. The molecule has 0 aliphatic heterocycles. The Labute approximate surface area is 159 Å². The molecule has 5 heteroatoms. The van der Waals surface area contributed by atoms with Crippen LogP contribution in [0.4, 0.5) is 5.69 Å². The smallest absolute Gasteiger partial charge is 0.267 e. The Morgan fingerprint density at radius 3 is 2.33 bits per heavy atom. The predicted octanol–water partition coefficient (Wildman–Crippen LogP) is 4.13. The Kier molecular flexibility index (Phi) is 7.52. The molecule has 0 aliphatic carbocycles. The van der Waals surface area contributed by atoms with Crippen LogP contribution in [0.3, 0.4) is 0 Å². The van der Waals surface area contributed by atoms with E-state index in [0.717, 1.165) is 17.8 Å². The summed E-state index contributed by atoms with van der Waals surface area (Å²) >= 11 is 0. The van der Waals surface area contributed by atoms with Crippen LogP contribution < -0.4 is 10.8 Å². The van der Waals surface area contributed by atoms with Gasteiger partial charge in [-0.1, -0.05) is 55.0 Å². The van der Waals surface area contributed by atoms with Gasteiger partial charge in [-0.3, -0.25) is 14.8 Å². The molecule has 0 bridgehead atoms. The molecular weight excluding hydrogens is 340 g/mol. The number of nitrogens with one attached hydrogen (secondary N) is 2. The van der Waals surface area contributed by atoms with Gasteiger partial charge in [-0.15, -0.1) is 0 Å². The molecule has 27 heavy (non-hydrogen) atoms. The highest BCUT2D eigenvalue weighted by molar-refractivity contribution is 5.99. The van der Waals surface area contributed by atoms with Gasteiger partial charge in [-0.25, -0.2) is 5.48 Å². The third kappa shape index (κ3) is 6.56. The number of anilines is 1. The molecule has 2 aromatic carbocycles. The molecule has 2 rings (SSSR count). The minimum absolute atomic E-state index is 0.00368. The highest BCUT2D eigenvalue weighted by Gasteiger charge is 2.13. The van der Waals surface area contributed by atoms with Crippen LogP contribution in [0.1, 0.15) is 29.8 Å². The zero-order chi connectivity index (χ0) is 19.6. The maximum atomic E-state index is 12.6. The summed E-state index contributed by atoms with van der Waals surface area (Å²) in [7, 11) is 0. The van der Waals surface area contributed by atoms with Crippen molar-refractivity contribution in [3.05, 3.63) is 89.5 Å². The zero-order valence-electron chi connectivity index (χ0n) is 15.5. The number of amides is 1. The van der Waals surface area contributed by atoms with Crippen LogP contribution in [0.25, 0.3) is 0 Å². The van der Waals surface area contributed by atoms with Gasteiger partial charge in [0, 0.05) is 29.8 Å². The van der Waals surface area contributed by atoms with E-state index in [1.165, 1.54) is 17.1 Å². The fourth-order valence-corrected chi connectivity index (χ4v) is 2.59. The molecule has 0 fully saturated rings. The minimum atomic E-state index is -0.611. The van der Waals surface area contributed by atoms with Crippen LogP contribution in [-0.2, 0) is 11.3 Å². The van der Waals surface area contributed by atoms with Gasteiger partial charge >= 0.3 is 0 Å². The molecule has 5 nitrogen and oxygen atoms in total. The first-order valence-electron chi connectivity index (χ1n) is 8.72. The average Bonchev–Trinajstić information content (AvgIpc) is 2.71. The second-order valence-corrected chi connectivity index (χ2v) is 6.29. The fraction of sp³-hybridized carbons (Fsp3) is 0.182. The van der Waals surface area contributed by atoms with Crippen molar-refractivity contribution in [2.45, 2.75) is 20.4 Å². The normalized spacial score (nSPS) is 12.6. The van der Waals surface area contributed by atoms with Gasteiger partial charge < -0.3 is 5.32 Å². The number of rotatable bonds is 8. The lowest BCUT2D eigenvalue weighted by Gasteiger charge is -2.09. The second-order valence-electron chi connectivity index (χ2n) is 6.29. The maximum absolute atomic E-state index is 12.6. The van der Waals surface area contributed by atoms with Crippen molar-refractivity contribution in [3.63, 3.8) is 0 Å². The number of hydroxylamine groups is 1. The quantitative estimate of drug-likeness (QED) is 0.216. The Bertz CT molecular complexity index is 824. The first-order valence-corrected chi connectivity index (χ1v) is 8.72. The van der Waals surface area contributed by atoms with Gasteiger partial charge in [0.25, 0.3) is 5.91 Å². The van der Waals surface area contributed by atoms with E-state index in [1.54, 1.807) is 19.1 Å². The number of carbonyl (C=O) groups excluding carboxylic acids is 2. The van der Waals surface area contributed by atoms with E-state index in [-0.39, 0.29) is 11.7 Å². The maximum Gasteiger partial charge on any atom is 0.267 e. The highest BCUT2D eigenvalue weighted by Crippen LogP contribution is 2.16. The molecule has 0 radical (unpaired) electrons. The van der Waals surface area contributed by atoms with Gasteiger partial charge in [0.1, 0.15) is 0 Å². The Morgan fingerprint density at radius 2 is 1.70 bits per heavy atom. The van der Waals surface area contributed by atoms with Gasteiger partial charge in [0.2, 0.25) is 0 Å². The lowest BCUT2D eigenvalue weighted by molar-refractivity contribution is -0.124. The van der Waals surface area contributed by atoms with E-state index in [1.807, 2.05) is 49.4 Å². The van der Waals surface area contributed by atoms with Crippen molar-refractivity contribution in [2.75, 3.05) is 5.32 Å². The summed E-state index contributed by atoms with van der Waals surface area (Å²) in [6.07, 6.45) is 4.53. The van der Waals surface area contributed by atoms with E-state index in [2.05, 4.69) is 17.4 Å². The molecule has 3 N–H and O–H groups in total. The van der Waals surface area contributed by atoms with Crippen molar-refractivity contribution >= 4 is 17.4 Å². The van der Waals surface area contributed by atoms with Crippen molar-refractivity contribution < 1.29 is 14.8 Å². The van der Waals surface area contributed by atoms with E-state index >= 15 is 0 Å². The number of hydrogen-bond acceptors (Lipinski definition) is 4. The largest absolute Gasteiger partial charge is 0.381 e. The Morgan fingerprint density at radius 1 is 1.04 bits per heavy atom. The molecule has 0 aromatic heterocycles. The summed E-state index contributed by atoms with van der Waals surface area (Å²) in [4.78, 5) is 23.5. The number of Topliss-reactive ketones (excluding diaryl/α,β-unsaturated/α-hetero) is 1. The molecule has 140 valence electrons. The first kappa shape index (κ1) is 20.1. The SMILES string of the molecule is CC(/C=C/C(=O)NO)=C\[C@@H](C)C(=O)c1ccc(NCc2ccccc2)cc1. The average molecular weight is 364 g/mol. The van der Waals surface area contributed by atoms with Crippen molar-refractivity contribution in [1.29, 1.82) is 0 Å². The topological polar surface area (TPSA) is 78.4 Å². The summed E-state index contributed by atoms with van der Waals surface area (Å²) in [5, 5.41) is 11.8. The van der Waals surface area contributed by atoms with E-state index < -0.39 is 5.91 Å². The summed E-state index contributed by atoms with van der Waals surface area (Å²) in [5.41, 5.74) is 5.06. The van der Waals surface area contributed by atoms with Crippen molar-refractivity contribution in [2.24, 2.45) is 5.92 Å². The van der Waals surface area contributed by atoms with Crippen molar-refractivity contribution in [1.82, 2.24) is 5.48 Å². The van der Waals surface area contributed by atoms with Crippen LogP contribution in [-0.4, -0.2) is 16.9 Å². The highest BCUT2D eigenvalue weighted by atomic mass is 16.5. The van der Waals surface area contributed by atoms with E-state index in [9.17, 15) is 9.59 Å². The third-order valence-corrected chi connectivity index (χ3v) is 4.04. The predicted molar refractivity (Wildman–Crippen MR) is 107 cm³/mol. The fourth-order valence-electron chi connectivity index (χ4n) is 2.59. The van der Waals surface area contributed by atoms with Gasteiger partial charge in [-0.05, 0) is 36.8 Å². The molecule has 2 aromatic rings. The number of hydrogen-bond donors (Lipinski definition) is 3. The Balaban J connectivity index is 1.95. The third-order valence-electron chi connectivity index (χ3n) is 4.04. The molecule has 0 spiro atoms. The second kappa shape index (κ2) is 10.1. The number of carbonyl (C=O) groups is 2. The van der Waals surface area contributed by atoms with E-state index in [4.69, 9.17) is 5.21 Å². The number of ketones is 1. The monoisotopic (exact) mass is 364 g/mol. The van der Waals surface area contributed by atoms with Crippen LogP contribution in [0, 0.1) is 5.92 Å². The molecule has 1 amide bonds. The molecule has 0 unspecified atom stereocenters. The Hall–Kier alpha value is -3.18. The van der Waals surface area contributed by atoms with Crippen LogP contribution in [0.2, 0.25) is 0 Å². The summed E-state index contributed by atoms with van der Waals surface area (Å²) in [5.74, 6) is -0.931. The van der Waals surface area contributed by atoms with Gasteiger partial charge in [0.05, 0.1) is 0 Å². The van der Waals surface area contributed by atoms with Crippen LogP contribution in [0.5, 0.6) is 0 Å².